The van der Waals surface area contributed by atoms with Crippen molar-refractivity contribution in [3.8, 4) is 0 Å². The highest BCUT2D eigenvalue weighted by Crippen LogP contribution is 2.17. The number of fused-ring (bicyclic) bond motifs is 1. The summed E-state index contributed by atoms with van der Waals surface area (Å²) in [5, 5.41) is 2.64. The minimum absolute atomic E-state index is 0.0312. The standard InChI is InChI=1S/C6H4N2OS/c9-6-5-4(1-2-7-6)8-3-10-5/h3H,2H2,(H,7,9). The molecule has 2 rings (SSSR count). The molecule has 1 aromatic rings. The van der Waals surface area contributed by atoms with Gasteiger partial charge in [-0.3, -0.25) is 4.79 Å². The van der Waals surface area contributed by atoms with Gasteiger partial charge in [0.2, 0.25) is 0 Å². The van der Waals surface area contributed by atoms with Crippen LogP contribution in [0.2, 0.25) is 0 Å². The number of carbonyl (C=O) groups is 1. The molecule has 1 amide bonds. The first-order valence-corrected chi connectivity index (χ1v) is 3.71. The first-order chi connectivity index (χ1) is 4.88. The predicted octanol–water partition coefficient (Wildman–Crippen LogP) is 0.316. The fourth-order valence-corrected chi connectivity index (χ4v) is 1.50. The van der Waals surface area contributed by atoms with E-state index >= 15 is 0 Å². The Morgan fingerprint density at radius 3 is 3.50 bits per heavy atom. The van der Waals surface area contributed by atoms with Gasteiger partial charge in [0.1, 0.15) is 4.88 Å². The van der Waals surface area contributed by atoms with E-state index in [1.807, 2.05) is 0 Å². The lowest BCUT2D eigenvalue weighted by molar-refractivity contribution is 0.0955. The van der Waals surface area contributed by atoms with Crippen LogP contribution >= 0.6 is 11.3 Å². The van der Waals surface area contributed by atoms with Crippen LogP contribution in [0.5, 0.6) is 0 Å². The molecule has 0 fully saturated rings. The normalized spacial score (nSPS) is 16.2. The van der Waals surface area contributed by atoms with E-state index in [1.165, 1.54) is 11.3 Å². The Morgan fingerprint density at radius 1 is 1.80 bits per heavy atom. The van der Waals surface area contributed by atoms with E-state index in [9.17, 15) is 4.79 Å². The van der Waals surface area contributed by atoms with E-state index in [0.29, 0.717) is 17.1 Å². The molecule has 3 nitrogen and oxygen atoms in total. The van der Waals surface area contributed by atoms with Gasteiger partial charge in [-0.2, -0.15) is 0 Å². The van der Waals surface area contributed by atoms with Crippen LogP contribution in [0.15, 0.2) is 5.51 Å². The number of rotatable bonds is 0. The molecular weight excluding hydrogens is 148 g/mol. The zero-order valence-electron chi connectivity index (χ0n) is 5.05. The maximum Gasteiger partial charge on any atom is 0.263 e. The molecule has 10 heavy (non-hydrogen) atoms. The molecule has 1 aromatic heterocycles. The average molecular weight is 152 g/mol. The highest BCUT2D eigenvalue weighted by Gasteiger charge is 2.18. The van der Waals surface area contributed by atoms with Crippen LogP contribution in [-0.2, 0) is 0 Å². The first kappa shape index (κ1) is 5.85. The molecule has 0 saturated heterocycles. The zero-order valence-corrected chi connectivity index (χ0v) is 5.86. The Balaban J connectivity index is 2.50. The molecule has 1 aliphatic heterocycles. The van der Waals surface area contributed by atoms with E-state index in [-0.39, 0.29) is 5.91 Å². The van der Waals surface area contributed by atoms with Crippen molar-refractivity contribution in [2.24, 2.45) is 0 Å². The van der Waals surface area contributed by atoms with Gasteiger partial charge in [0.05, 0.1) is 17.6 Å². The maximum absolute atomic E-state index is 11.0. The largest absolute Gasteiger partial charge is 0.350 e. The summed E-state index contributed by atoms with van der Waals surface area (Å²) in [7, 11) is 0. The monoisotopic (exact) mass is 152 g/mol. The van der Waals surface area contributed by atoms with Crippen LogP contribution in [0.25, 0.3) is 0 Å². The highest BCUT2D eigenvalue weighted by atomic mass is 32.1. The minimum Gasteiger partial charge on any atom is -0.350 e. The van der Waals surface area contributed by atoms with E-state index in [4.69, 9.17) is 0 Å². The summed E-state index contributed by atoms with van der Waals surface area (Å²) in [5.74, 6) is -0.0312. The van der Waals surface area contributed by atoms with Crippen molar-refractivity contribution in [1.82, 2.24) is 10.3 Å². The molecule has 0 aliphatic carbocycles. The summed E-state index contributed by atoms with van der Waals surface area (Å²) in [6.07, 6.45) is 2.94. The summed E-state index contributed by atoms with van der Waals surface area (Å²) < 4.78 is 0. The van der Waals surface area contributed by atoms with Gasteiger partial charge >= 0.3 is 0 Å². The van der Waals surface area contributed by atoms with Gasteiger partial charge in [-0.25, -0.2) is 4.98 Å². The van der Waals surface area contributed by atoms with Gasteiger partial charge in [-0.1, -0.05) is 0 Å². The zero-order chi connectivity index (χ0) is 6.97. The van der Waals surface area contributed by atoms with Crippen molar-refractivity contribution < 1.29 is 4.79 Å². The number of hydrogen-bond donors (Lipinski definition) is 1. The molecule has 0 saturated carbocycles. The minimum atomic E-state index is -0.0312. The van der Waals surface area contributed by atoms with Crippen molar-refractivity contribution >= 4 is 17.2 Å². The Labute approximate surface area is 62.1 Å². The van der Waals surface area contributed by atoms with Crippen LogP contribution in [0, 0.1) is 6.42 Å². The Hall–Kier alpha value is -0.900. The molecule has 0 bridgehead atoms. The molecule has 0 atom stereocenters. The number of nitrogens with one attached hydrogen (secondary N) is 1. The molecule has 1 aliphatic rings. The maximum atomic E-state index is 11.0. The highest BCUT2D eigenvalue weighted by molar-refractivity contribution is 7.12. The third-order valence-corrected chi connectivity index (χ3v) is 2.10. The van der Waals surface area contributed by atoms with Crippen LogP contribution in [-0.4, -0.2) is 17.4 Å². The Kier molecular flexibility index (Phi) is 1.20. The van der Waals surface area contributed by atoms with E-state index in [0.717, 1.165) is 0 Å². The lowest BCUT2D eigenvalue weighted by Gasteiger charge is -2.08. The number of carbonyl (C=O) groups excluding carboxylic acids is 1. The first-order valence-electron chi connectivity index (χ1n) is 2.83. The molecule has 0 unspecified atom stereocenters. The average Bonchev–Trinajstić information content (AvgIpc) is 2.36. The molecule has 0 aromatic carbocycles. The summed E-state index contributed by atoms with van der Waals surface area (Å²) in [5.41, 5.74) is 2.36. The topological polar surface area (TPSA) is 42.0 Å². The molecule has 0 spiro atoms. The fourth-order valence-electron chi connectivity index (χ4n) is 0.822. The quantitative estimate of drug-likeness (QED) is 0.581. The second kappa shape index (κ2) is 2.05. The van der Waals surface area contributed by atoms with Gasteiger partial charge < -0.3 is 5.32 Å². The van der Waals surface area contributed by atoms with Crippen molar-refractivity contribution in [3.63, 3.8) is 0 Å². The molecule has 2 radical (unpaired) electrons. The van der Waals surface area contributed by atoms with Crippen LogP contribution in [0.3, 0.4) is 0 Å². The summed E-state index contributed by atoms with van der Waals surface area (Å²) in [4.78, 5) is 15.6. The molecule has 1 N–H and O–H groups in total. The smallest absolute Gasteiger partial charge is 0.263 e. The van der Waals surface area contributed by atoms with Gasteiger partial charge in [0.25, 0.3) is 5.91 Å². The Morgan fingerprint density at radius 2 is 2.70 bits per heavy atom. The van der Waals surface area contributed by atoms with Crippen LogP contribution < -0.4 is 5.32 Å². The van der Waals surface area contributed by atoms with Crippen LogP contribution in [0.1, 0.15) is 15.4 Å². The summed E-state index contributed by atoms with van der Waals surface area (Å²) >= 11 is 1.35. The van der Waals surface area contributed by atoms with Gasteiger partial charge in [0.15, 0.2) is 0 Å². The SMILES string of the molecule is O=C1NC[C]c2ncsc21. The second-order valence-electron chi connectivity index (χ2n) is 1.89. The third kappa shape index (κ3) is 0.724. The van der Waals surface area contributed by atoms with Crippen molar-refractivity contribution in [3.05, 3.63) is 22.5 Å². The fraction of sp³-hybridized carbons (Fsp3) is 0.167. The van der Waals surface area contributed by atoms with E-state index < -0.39 is 0 Å². The van der Waals surface area contributed by atoms with Gasteiger partial charge in [-0.05, 0) is 0 Å². The number of amides is 1. The van der Waals surface area contributed by atoms with Gasteiger partial charge in [0, 0.05) is 6.54 Å². The summed E-state index contributed by atoms with van der Waals surface area (Å²) in [6.45, 7) is 0.482. The molecule has 50 valence electrons. The lowest BCUT2D eigenvalue weighted by atomic mass is 10.2. The molecular formula is C6H4N2OS. The number of thiazole rings is 1. The number of nitrogens with zero attached hydrogens (tertiary/aromatic N) is 1. The van der Waals surface area contributed by atoms with E-state index in [1.54, 1.807) is 5.51 Å². The van der Waals surface area contributed by atoms with Crippen molar-refractivity contribution in [2.75, 3.05) is 6.54 Å². The van der Waals surface area contributed by atoms with Crippen molar-refractivity contribution in [2.45, 2.75) is 0 Å². The van der Waals surface area contributed by atoms with Gasteiger partial charge in [-0.15, -0.1) is 11.3 Å². The molecule has 2 heterocycles. The second-order valence-corrected chi connectivity index (χ2v) is 2.74. The van der Waals surface area contributed by atoms with Crippen LogP contribution in [0.4, 0.5) is 0 Å². The number of hydrogen-bond acceptors (Lipinski definition) is 3. The lowest BCUT2D eigenvalue weighted by Crippen LogP contribution is -2.29. The number of aromatic nitrogens is 1. The molecule has 4 heteroatoms. The Bertz CT molecular complexity index is 268. The summed E-state index contributed by atoms with van der Waals surface area (Å²) in [6, 6.07) is 0. The predicted molar refractivity (Wildman–Crippen MR) is 36.8 cm³/mol. The van der Waals surface area contributed by atoms with Crippen molar-refractivity contribution in [1.29, 1.82) is 0 Å². The third-order valence-electron chi connectivity index (χ3n) is 1.28. The van der Waals surface area contributed by atoms with E-state index in [2.05, 4.69) is 16.7 Å².